The summed E-state index contributed by atoms with van der Waals surface area (Å²) >= 11 is 0. The van der Waals surface area contributed by atoms with Gasteiger partial charge >= 0.3 is 0 Å². The van der Waals surface area contributed by atoms with Gasteiger partial charge in [-0.1, -0.05) is 26.0 Å². The van der Waals surface area contributed by atoms with Crippen molar-refractivity contribution in [3.63, 3.8) is 0 Å². The monoisotopic (exact) mass is 241 g/mol. The zero-order chi connectivity index (χ0) is 12.8. The lowest BCUT2D eigenvalue weighted by Crippen LogP contribution is -2.33. The molecule has 2 unspecified atom stereocenters. The van der Waals surface area contributed by atoms with Crippen LogP contribution in [-0.2, 0) is 6.42 Å². The molecule has 0 aliphatic rings. The van der Waals surface area contributed by atoms with Crippen LogP contribution in [0.3, 0.4) is 0 Å². The third-order valence-electron chi connectivity index (χ3n) is 3.14. The quantitative estimate of drug-likeness (QED) is 0.803. The van der Waals surface area contributed by atoms with E-state index in [1.54, 1.807) is 12.1 Å². The maximum Gasteiger partial charge on any atom is 0.162 e. The zero-order valence-electron chi connectivity index (χ0n) is 10.8. The molecule has 3 heteroatoms. The molecular weight excluding hydrogens is 220 g/mol. The van der Waals surface area contributed by atoms with Crippen LogP contribution in [0.4, 0.5) is 8.78 Å². The Morgan fingerprint density at radius 2 is 1.94 bits per heavy atom. The molecule has 1 aromatic rings. The van der Waals surface area contributed by atoms with Gasteiger partial charge in [-0.2, -0.15) is 0 Å². The molecule has 1 aromatic carbocycles. The van der Waals surface area contributed by atoms with Crippen molar-refractivity contribution in [2.45, 2.75) is 39.7 Å². The highest BCUT2D eigenvalue weighted by Gasteiger charge is 2.15. The number of hydrogen-bond donors (Lipinski definition) is 1. The summed E-state index contributed by atoms with van der Waals surface area (Å²) in [5.41, 5.74) is 0.461. The van der Waals surface area contributed by atoms with Crippen molar-refractivity contribution in [1.29, 1.82) is 0 Å². The van der Waals surface area contributed by atoms with Gasteiger partial charge < -0.3 is 5.32 Å². The third kappa shape index (κ3) is 4.08. The molecule has 0 bridgehead atoms. The van der Waals surface area contributed by atoms with Crippen LogP contribution in [0.2, 0.25) is 0 Å². The van der Waals surface area contributed by atoms with E-state index in [1.807, 2.05) is 0 Å². The lowest BCUT2D eigenvalue weighted by atomic mass is 9.94. The average molecular weight is 241 g/mol. The maximum atomic E-state index is 13.5. The van der Waals surface area contributed by atoms with E-state index in [4.69, 9.17) is 0 Å². The topological polar surface area (TPSA) is 12.0 Å². The maximum absolute atomic E-state index is 13.5. The van der Waals surface area contributed by atoms with Crippen molar-refractivity contribution in [2.75, 3.05) is 6.54 Å². The van der Waals surface area contributed by atoms with Crippen molar-refractivity contribution in [2.24, 2.45) is 5.92 Å². The molecular formula is C14H21F2N. The van der Waals surface area contributed by atoms with Crippen molar-refractivity contribution in [3.05, 3.63) is 35.4 Å². The SMILES string of the molecule is CCCNC(C)C(C)Cc1cccc(F)c1F. The summed E-state index contributed by atoms with van der Waals surface area (Å²) in [4.78, 5) is 0. The fourth-order valence-corrected chi connectivity index (χ4v) is 1.80. The van der Waals surface area contributed by atoms with Crippen LogP contribution in [0.5, 0.6) is 0 Å². The van der Waals surface area contributed by atoms with Crippen LogP contribution in [0.25, 0.3) is 0 Å². The van der Waals surface area contributed by atoms with E-state index in [9.17, 15) is 8.78 Å². The summed E-state index contributed by atoms with van der Waals surface area (Å²) in [7, 11) is 0. The van der Waals surface area contributed by atoms with Crippen molar-refractivity contribution < 1.29 is 8.78 Å². The molecule has 1 rings (SSSR count). The van der Waals surface area contributed by atoms with E-state index < -0.39 is 11.6 Å². The number of halogens is 2. The second-order valence-corrected chi connectivity index (χ2v) is 4.64. The molecule has 1 N–H and O–H groups in total. The van der Waals surface area contributed by atoms with Gasteiger partial charge in [-0.25, -0.2) is 8.78 Å². The minimum atomic E-state index is -0.760. The molecule has 0 aliphatic carbocycles. The van der Waals surface area contributed by atoms with Crippen LogP contribution in [-0.4, -0.2) is 12.6 Å². The zero-order valence-corrected chi connectivity index (χ0v) is 10.8. The van der Waals surface area contributed by atoms with E-state index in [-0.39, 0.29) is 5.92 Å². The summed E-state index contributed by atoms with van der Waals surface area (Å²) < 4.78 is 26.5. The van der Waals surface area contributed by atoms with Gasteiger partial charge in [0.05, 0.1) is 0 Å². The Kier molecular flexibility index (Phi) is 5.56. The summed E-state index contributed by atoms with van der Waals surface area (Å²) in [6.07, 6.45) is 1.63. The number of hydrogen-bond acceptors (Lipinski definition) is 1. The fourth-order valence-electron chi connectivity index (χ4n) is 1.80. The minimum Gasteiger partial charge on any atom is -0.314 e. The molecule has 1 nitrogen and oxygen atoms in total. The first kappa shape index (κ1) is 14.1. The van der Waals surface area contributed by atoms with Gasteiger partial charge in [0.25, 0.3) is 0 Å². The molecule has 0 spiro atoms. The molecule has 0 fully saturated rings. The molecule has 0 saturated heterocycles. The van der Waals surface area contributed by atoms with Crippen LogP contribution in [0, 0.1) is 17.6 Å². The minimum absolute atomic E-state index is 0.276. The van der Waals surface area contributed by atoms with Crippen LogP contribution >= 0.6 is 0 Å². The smallest absolute Gasteiger partial charge is 0.162 e. The van der Waals surface area contributed by atoms with Crippen molar-refractivity contribution >= 4 is 0 Å². The van der Waals surface area contributed by atoms with E-state index >= 15 is 0 Å². The van der Waals surface area contributed by atoms with Crippen LogP contribution < -0.4 is 5.32 Å². The predicted octanol–water partition coefficient (Wildman–Crippen LogP) is 3.53. The van der Waals surface area contributed by atoms with Gasteiger partial charge in [-0.3, -0.25) is 0 Å². The van der Waals surface area contributed by atoms with Gasteiger partial charge in [0, 0.05) is 6.04 Å². The molecule has 0 radical (unpaired) electrons. The van der Waals surface area contributed by atoms with Crippen LogP contribution in [0.1, 0.15) is 32.8 Å². The van der Waals surface area contributed by atoms with Gasteiger partial charge in [0.1, 0.15) is 0 Å². The predicted molar refractivity (Wildman–Crippen MR) is 67.0 cm³/mol. The average Bonchev–Trinajstić information content (AvgIpc) is 2.31. The highest BCUT2D eigenvalue weighted by Crippen LogP contribution is 2.17. The molecule has 0 aliphatic heterocycles. The van der Waals surface area contributed by atoms with Gasteiger partial charge in [-0.05, 0) is 43.9 Å². The summed E-state index contributed by atoms with van der Waals surface area (Å²) in [6.45, 7) is 7.20. The molecule has 0 amide bonds. The molecule has 17 heavy (non-hydrogen) atoms. The highest BCUT2D eigenvalue weighted by molar-refractivity contribution is 5.19. The Morgan fingerprint density at radius 1 is 1.24 bits per heavy atom. The Morgan fingerprint density at radius 3 is 2.59 bits per heavy atom. The van der Waals surface area contributed by atoms with E-state index in [0.29, 0.717) is 18.0 Å². The molecule has 0 heterocycles. The van der Waals surface area contributed by atoms with E-state index in [0.717, 1.165) is 19.0 Å². The van der Waals surface area contributed by atoms with Gasteiger partial charge in [-0.15, -0.1) is 0 Å². The Hall–Kier alpha value is -0.960. The Bertz CT molecular complexity index is 352. The Balaban J connectivity index is 2.61. The summed E-state index contributed by atoms with van der Waals surface area (Å²) in [5.74, 6) is -1.19. The standard InChI is InChI=1S/C14H21F2N/c1-4-8-17-11(3)10(2)9-12-6-5-7-13(15)14(12)16/h5-7,10-11,17H,4,8-9H2,1-3H3. The molecule has 0 saturated carbocycles. The van der Waals surface area contributed by atoms with Crippen molar-refractivity contribution in [1.82, 2.24) is 5.32 Å². The van der Waals surface area contributed by atoms with E-state index in [1.165, 1.54) is 0 Å². The van der Waals surface area contributed by atoms with Crippen molar-refractivity contribution in [3.8, 4) is 0 Å². The number of nitrogens with one attached hydrogen (secondary N) is 1. The largest absolute Gasteiger partial charge is 0.314 e. The first-order valence-corrected chi connectivity index (χ1v) is 6.22. The van der Waals surface area contributed by atoms with E-state index in [2.05, 4.69) is 26.1 Å². The first-order chi connectivity index (χ1) is 8.06. The van der Waals surface area contributed by atoms with Gasteiger partial charge in [0.15, 0.2) is 11.6 Å². The summed E-state index contributed by atoms with van der Waals surface area (Å²) in [5, 5.41) is 3.37. The number of rotatable bonds is 6. The highest BCUT2D eigenvalue weighted by atomic mass is 19.2. The number of benzene rings is 1. The third-order valence-corrected chi connectivity index (χ3v) is 3.14. The molecule has 0 aromatic heterocycles. The lowest BCUT2D eigenvalue weighted by Gasteiger charge is -2.21. The lowest BCUT2D eigenvalue weighted by molar-refractivity contribution is 0.390. The molecule has 96 valence electrons. The summed E-state index contributed by atoms with van der Waals surface area (Å²) in [6, 6.07) is 4.67. The molecule has 2 atom stereocenters. The fraction of sp³-hybridized carbons (Fsp3) is 0.571. The second kappa shape index (κ2) is 6.70. The first-order valence-electron chi connectivity index (χ1n) is 6.22. The van der Waals surface area contributed by atoms with Crippen LogP contribution in [0.15, 0.2) is 18.2 Å². The Labute approximate surface area is 102 Å². The normalized spacial score (nSPS) is 14.6. The van der Waals surface area contributed by atoms with Gasteiger partial charge in [0.2, 0.25) is 0 Å². The second-order valence-electron chi connectivity index (χ2n) is 4.64.